The molecular formula is C23H23N3O2. The maximum absolute atomic E-state index is 9.71. The number of fused-ring (bicyclic) bond motifs is 1. The van der Waals surface area contributed by atoms with Crippen molar-refractivity contribution in [1.29, 1.82) is 5.26 Å². The van der Waals surface area contributed by atoms with Gasteiger partial charge in [-0.3, -0.25) is 4.90 Å². The second kappa shape index (κ2) is 8.73. The van der Waals surface area contributed by atoms with Gasteiger partial charge in [0.25, 0.3) is 0 Å². The van der Waals surface area contributed by atoms with Gasteiger partial charge in [-0.05, 0) is 50.2 Å². The molecule has 0 radical (unpaired) electrons. The van der Waals surface area contributed by atoms with Crippen LogP contribution >= 0.6 is 0 Å². The number of nitrogens with zero attached hydrogens (tertiary/aromatic N) is 3. The van der Waals surface area contributed by atoms with Gasteiger partial charge >= 0.3 is 0 Å². The molecule has 0 saturated carbocycles. The number of nitriles is 1. The van der Waals surface area contributed by atoms with E-state index in [2.05, 4.69) is 16.1 Å². The summed E-state index contributed by atoms with van der Waals surface area (Å²) >= 11 is 0. The van der Waals surface area contributed by atoms with Crippen LogP contribution in [0.3, 0.4) is 0 Å². The summed E-state index contributed by atoms with van der Waals surface area (Å²) in [6.45, 7) is 3.88. The van der Waals surface area contributed by atoms with Crippen molar-refractivity contribution in [2.75, 3.05) is 26.2 Å². The zero-order valence-corrected chi connectivity index (χ0v) is 15.8. The summed E-state index contributed by atoms with van der Waals surface area (Å²) in [6, 6.07) is 17.6. The summed E-state index contributed by atoms with van der Waals surface area (Å²) in [7, 11) is 0. The molecule has 2 aromatic carbocycles. The lowest BCUT2D eigenvalue weighted by Gasteiger charge is -2.26. The Kier molecular flexibility index (Phi) is 5.69. The van der Waals surface area contributed by atoms with Crippen LogP contribution in [0.25, 0.3) is 22.6 Å². The molecule has 2 heterocycles. The minimum Gasteiger partial charge on any atom is -0.492 e. The maximum Gasteiger partial charge on any atom is 0.167 e. The highest BCUT2D eigenvalue weighted by atomic mass is 16.5. The second-order valence-electron chi connectivity index (χ2n) is 6.99. The van der Waals surface area contributed by atoms with Crippen LogP contribution < -0.4 is 4.74 Å². The fraction of sp³-hybridized carbons (Fsp3) is 0.304. The van der Waals surface area contributed by atoms with Gasteiger partial charge in [-0.1, -0.05) is 41.9 Å². The van der Waals surface area contributed by atoms with Gasteiger partial charge in [0, 0.05) is 12.1 Å². The van der Waals surface area contributed by atoms with E-state index in [-0.39, 0.29) is 0 Å². The van der Waals surface area contributed by atoms with Gasteiger partial charge in [0.2, 0.25) is 0 Å². The van der Waals surface area contributed by atoms with E-state index in [1.165, 1.54) is 19.3 Å². The van der Waals surface area contributed by atoms with E-state index in [4.69, 9.17) is 9.26 Å². The normalized spacial score (nSPS) is 15.5. The molecule has 1 aliphatic rings. The minimum atomic E-state index is 0.456. The van der Waals surface area contributed by atoms with Crippen LogP contribution in [-0.2, 0) is 0 Å². The standard InChI is InChI=1S/C23H23N3O2/c24-17-19(23-20-9-3-5-11-22(20)28-25-23)16-18-8-2-4-10-21(18)27-15-14-26-12-6-1-7-13-26/h2-5,8-11,16H,1,6-7,12-15H2/b19-16-. The Morgan fingerprint density at radius 2 is 1.89 bits per heavy atom. The number of para-hydroxylation sites is 2. The molecule has 0 aliphatic carbocycles. The van der Waals surface area contributed by atoms with Crippen molar-refractivity contribution in [3.63, 3.8) is 0 Å². The van der Waals surface area contributed by atoms with E-state index in [1.54, 1.807) is 0 Å². The molecule has 28 heavy (non-hydrogen) atoms. The third-order valence-electron chi connectivity index (χ3n) is 5.09. The monoisotopic (exact) mass is 373 g/mol. The molecule has 0 bridgehead atoms. The largest absolute Gasteiger partial charge is 0.492 e. The summed E-state index contributed by atoms with van der Waals surface area (Å²) in [5.74, 6) is 0.778. The molecule has 1 aromatic heterocycles. The van der Waals surface area contributed by atoms with E-state index in [0.29, 0.717) is 23.5 Å². The molecule has 5 nitrogen and oxygen atoms in total. The fourth-order valence-electron chi connectivity index (χ4n) is 3.59. The van der Waals surface area contributed by atoms with Crippen molar-refractivity contribution in [1.82, 2.24) is 10.1 Å². The van der Waals surface area contributed by atoms with Gasteiger partial charge in [0.1, 0.15) is 24.1 Å². The number of rotatable bonds is 6. The third kappa shape index (κ3) is 4.08. The van der Waals surface area contributed by atoms with Crippen molar-refractivity contribution in [3.8, 4) is 11.8 Å². The summed E-state index contributed by atoms with van der Waals surface area (Å²) < 4.78 is 11.4. The van der Waals surface area contributed by atoms with E-state index in [0.717, 1.165) is 36.3 Å². The molecule has 1 aliphatic heterocycles. The van der Waals surface area contributed by atoms with E-state index >= 15 is 0 Å². The molecule has 3 aromatic rings. The van der Waals surface area contributed by atoms with Crippen molar-refractivity contribution >= 4 is 22.6 Å². The predicted octanol–water partition coefficient (Wildman–Crippen LogP) is 4.76. The number of hydrogen-bond acceptors (Lipinski definition) is 5. The Hall–Kier alpha value is -3.10. The summed E-state index contributed by atoms with van der Waals surface area (Å²) in [6.07, 6.45) is 5.70. The first kappa shape index (κ1) is 18.3. The third-order valence-corrected chi connectivity index (χ3v) is 5.09. The minimum absolute atomic E-state index is 0.456. The van der Waals surface area contributed by atoms with Crippen LogP contribution in [-0.4, -0.2) is 36.3 Å². The molecule has 4 rings (SSSR count). The lowest BCUT2D eigenvalue weighted by Crippen LogP contribution is -2.33. The Bertz CT molecular complexity index is 1010. The van der Waals surface area contributed by atoms with Gasteiger partial charge in [0.05, 0.1) is 11.0 Å². The highest BCUT2D eigenvalue weighted by Crippen LogP contribution is 2.28. The van der Waals surface area contributed by atoms with Gasteiger partial charge in [-0.25, -0.2) is 0 Å². The predicted molar refractivity (Wildman–Crippen MR) is 110 cm³/mol. The Morgan fingerprint density at radius 1 is 1.11 bits per heavy atom. The van der Waals surface area contributed by atoms with Crippen LogP contribution in [0.2, 0.25) is 0 Å². The van der Waals surface area contributed by atoms with Crippen LogP contribution in [0.4, 0.5) is 0 Å². The molecule has 5 heteroatoms. The summed E-state index contributed by atoms with van der Waals surface area (Å²) in [5, 5.41) is 14.6. The number of benzene rings is 2. The van der Waals surface area contributed by atoms with E-state index < -0.39 is 0 Å². The van der Waals surface area contributed by atoms with Gasteiger partial charge < -0.3 is 9.26 Å². The molecule has 0 unspecified atom stereocenters. The highest BCUT2D eigenvalue weighted by Gasteiger charge is 2.14. The first-order valence-electron chi connectivity index (χ1n) is 9.76. The topological polar surface area (TPSA) is 62.3 Å². The molecule has 1 saturated heterocycles. The van der Waals surface area contributed by atoms with E-state index in [1.807, 2.05) is 54.6 Å². The van der Waals surface area contributed by atoms with Crippen LogP contribution in [0.5, 0.6) is 5.75 Å². The van der Waals surface area contributed by atoms with Crippen molar-refractivity contribution in [3.05, 3.63) is 59.8 Å². The van der Waals surface area contributed by atoms with Crippen LogP contribution in [0.1, 0.15) is 30.5 Å². The molecule has 0 amide bonds. The van der Waals surface area contributed by atoms with Gasteiger partial charge in [0.15, 0.2) is 5.58 Å². The summed E-state index contributed by atoms with van der Waals surface area (Å²) in [4.78, 5) is 2.45. The lowest BCUT2D eigenvalue weighted by molar-refractivity contribution is 0.183. The number of aromatic nitrogens is 1. The van der Waals surface area contributed by atoms with Gasteiger partial charge in [-0.15, -0.1) is 0 Å². The lowest BCUT2D eigenvalue weighted by atomic mass is 10.1. The Labute approximate surface area is 164 Å². The maximum atomic E-state index is 9.71. The average molecular weight is 373 g/mol. The summed E-state index contributed by atoms with van der Waals surface area (Å²) in [5.41, 5.74) is 2.55. The van der Waals surface area contributed by atoms with Crippen LogP contribution in [0.15, 0.2) is 53.1 Å². The number of piperidine rings is 1. The number of likely N-dealkylation sites (tertiary alicyclic amines) is 1. The number of ether oxygens (including phenoxy) is 1. The molecular weight excluding hydrogens is 350 g/mol. The van der Waals surface area contributed by atoms with Gasteiger partial charge in [-0.2, -0.15) is 5.26 Å². The first-order chi connectivity index (χ1) is 13.8. The quantitative estimate of drug-likeness (QED) is 0.583. The zero-order valence-electron chi connectivity index (χ0n) is 15.8. The van der Waals surface area contributed by atoms with Crippen molar-refractivity contribution in [2.24, 2.45) is 0 Å². The van der Waals surface area contributed by atoms with Crippen molar-refractivity contribution < 1.29 is 9.26 Å². The Morgan fingerprint density at radius 3 is 2.75 bits per heavy atom. The van der Waals surface area contributed by atoms with E-state index in [9.17, 15) is 5.26 Å². The van der Waals surface area contributed by atoms with Crippen LogP contribution in [0, 0.1) is 11.3 Å². The fourth-order valence-corrected chi connectivity index (χ4v) is 3.59. The number of allylic oxidation sites excluding steroid dienone is 1. The SMILES string of the molecule is N#C/C(=C/c1ccccc1OCCN1CCCCC1)c1noc2ccccc12. The zero-order chi connectivity index (χ0) is 19.2. The molecule has 0 spiro atoms. The molecule has 142 valence electrons. The average Bonchev–Trinajstić information content (AvgIpc) is 3.18. The second-order valence-corrected chi connectivity index (χ2v) is 6.99. The molecule has 0 atom stereocenters. The Balaban J connectivity index is 1.54. The first-order valence-corrected chi connectivity index (χ1v) is 9.76. The highest BCUT2D eigenvalue weighted by molar-refractivity contribution is 5.99. The van der Waals surface area contributed by atoms with Crippen molar-refractivity contribution in [2.45, 2.75) is 19.3 Å². The molecule has 0 N–H and O–H groups in total. The number of hydrogen-bond donors (Lipinski definition) is 0. The smallest absolute Gasteiger partial charge is 0.167 e. The molecule has 1 fully saturated rings.